The van der Waals surface area contributed by atoms with Crippen LogP contribution in [-0.2, 0) is 17.0 Å². The van der Waals surface area contributed by atoms with Crippen molar-refractivity contribution in [3.8, 4) is 0 Å². The van der Waals surface area contributed by atoms with Gasteiger partial charge in [-0.15, -0.1) is 24.0 Å². The first-order chi connectivity index (χ1) is 11.7. The Morgan fingerprint density at radius 2 is 2.00 bits per heavy atom. The first-order valence-corrected chi connectivity index (χ1v) is 9.88. The van der Waals surface area contributed by atoms with Gasteiger partial charge < -0.3 is 15.4 Å². The maximum Gasteiger partial charge on any atom is 0.191 e. The number of rotatable bonds is 11. The van der Waals surface area contributed by atoms with E-state index in [0.717, 1.165) is 61.8 Å². The number of unbranched alkanes of at least 4 members (excludes halogenated alkanes) is 2. The van der Waals surface area contributed by atoms with Crippen LogP contribution in [0.2, 0.25) is 0 Å². The predicted molar refractivity (Wildman–Crippen MR) is 118 cm³/mol. The largest absolute Gasteiger partial charge is 0.385 e. The second kappa shape index (κ2) is 15.7. The van der Waals surface area contributed by atoms with E-state index in [4.69, 9.17) is 4.74 Å². The van der Waals surface area contributed by atoms with E-state index in [0.29, 0.717) is 6.54 Å². The molecule has 0 atom stereocenters. The number of nitrogens with one attached hydrogen (secondary N) is 2. The maximum absolute atomic E-state index is 13.4. The van der Waals surface area contributed by atoms with Gasteiger partial charge in [0, 0.05) is 32.6 Å². The van der Waals surface area contributed by atoms with Crippen molar-refractivity contribution in [2.45, 2.75) is 38.5 Å². The Hall–Kier alpha value is -0.540. The molecular weight excluding hydrogens is 452 g/mol. The molecule has 0 radical (unpaired) electrons. The summed E-state index contributed by atoms with van der Waals surface area (Å²) in [5.74, 6) is 1.42. The summed E-state index contributed by atoms with van der Waals surface area (Å²) in [6, 6.07) is 4.95. The summed E-state index contributed by atoms with van der Waals surface area (Å²) in [4.78, 5) is 4.63. The fourth-order valence-electron chi connectivity index (χ4n) is 2.30. The van der Waals surface area contributed by atoms with Crippen LogP contribution < -0.4 is 10.6 Å². The average Bonchev–Trinajstić information content (AvgIpc) is 2.57. The maximum atomic E-state index is 13.4. The SMILES string of the molecule is CCNC(=NCc1ccc(F)cc1CSC)NCCCCCOC.I. The van der Waals surface area contributed by atoms with Gasteiger partial charge in [-0.05, 0) is 55.7 Å². The van der Waals surface area contributed by atoms with E-state index in [9.17, 15) is 4.39 Å². The summed E-state index contributed by atoms with van der Waals surface area (Å²) in [7, 11) is 1.73. The summed E-state index contributed by atoms with van der Waals surface area (Å²) in [6.45, 7) is 5.12. The zero-order chi connectivity index (χ0) is 17.6. The van der Waals surface area contributed by atoms with E-state index in [1.54, 1.807) is 24.9 Å². The molecule has 144 valence electrons. The highest BCUT2D eigenvalue weighted by molar-refractivity contribution is 14.0. The van der Waals surface area contributed by atoms with E-state index in [1.165, 1.54) is 6.07 Å². The molecule has 1 rings (SSSR count). The van der Waals surface area contributed by atoms with Crippen LogP contribution in [0.25, 0.3) is 0 Å². The molecule has 0 saturated carbocycles. The average molecular weight is 483 g/mol. The van der Waals surface area contributed by atoms with Crippen LogP contribution in [0.5, 0.6) is 0 Å². The van der Waals surface area contributed by atoms with Crippen LogP contribution in [0.1, 0.15) is 37.3 Å². The third-order valence-corrected chi connectivity index (χ3v) is 4.14. The number of guanidine groups is 1. The van der Waals surface area contributed by atoms with Crippen LogP contribution in [0, 0.1) is 5.82 Å². The monoisotopic (exact) mass is 483 g/mol. The molecule has 4 nitrogen and oxygen atoms in total. The molecule has 0 bridgehead atoms. The summed E-state index contributed by atoms with van der Waals surface area (Å²) in [5, 5.41) is 6.60. The van der Waals surface area contributed by atoms with Crippen molar-refractivity contribution in [3.63, 3.8) is 0 Å². The van der Waals surface area contributed by atoms with Crippen molar-refractivity contribution in [3.05, 3.63) is 35.1 Å². The van der Waals surface area contributed by atoms with Gasteiger partial charge in [0.15, 0.2) is 5.96 Å². The minimum atomic E-state index is -0.187. The van der Waals surface area contributed by atoms with E-state index in [-0.39, 0.29) is 29.8 Å². The molecule has 0 aliphatic rings. The molecule has 1 aromatic rings. The standard InChI is InChI=1S/C18H30FN3OS.HI/c1-4-20-18(21-10-6-5-7-11-23-2)22-13-15-8-9-17(19)12-16(15)14-24-3;/h8-9,12H,4-7,10-11,13-14H2,1-3H3,(H2,20,21,22);1H. The van der Waals surface area contributed by atoms with Gasteiger partial charge in [0.2, 0.25) is 0 Å². The van der Waals surface area contributed by atoms with E-state index >= 15 is 0 Å². The molecule has 0 saturated heterocycles. The second-order valence-electron chi connectivity index (χ2n) is 5.52. The number of aliphatic imine (C=N–C) groups is 1. The highest BCUT2D eigenvalue weighted by Gasteiger charge is 2.04. The summed E-state index contributed by atoms with van der Waals surface area (Å²) >= 11 is 1.69. The van der Waals surface area contributed by atoms with Crippen LogP contribution in [0.3, 0.4) is 0 Å². The van der Waals surface area contributed by atoms with Gasteiger partial charge in [0.25, 0.3) is 0 Å². The molecule has 0 amide bonds. The Morgan fingerprint density at radius 3 is 2.68 bits per heavy atom. The number of thioether (sulfide) groups is 1. The van der Waals surface area contributed by atoms with Crippen LogP contribution in [0.4, 0.5) is 4.39 Å². The molecule has 1 aromatic carbocycles. The molecule has 0 spiro atoms. The predicted octanol–water partition coefficient (Wildman–Crippen LogP) is 4.18. The third-order valence-electron chi connectivity index (χ3n) is 3.54. The number of benzene rings is 1. The molecule has 0 aromatic heterocycles. The highest BCUT2D eigenvalue weighted by Crippen LogP contribution is 2.17. The number of ether oxygens (including phenoxy) is 1. The normalized spacial score (nSPS) is 11.1. The summed E-state index contributed by atoms with van der Waals surface area (Å²) in [5.41, 5.74) is 2.09. The van der Waals surface area contributed by atoms with Gasteiger partial charge in [0.1, 0.15) is 5.82 Å². The molecule has 2 N–H and O–H groups in total. The molecule has 0 heterocycles. The van der Waals surface area contributed by atoms with Gasteiger partial charge >= 0.3 is 0 Å². The van der Waals surface area contributed by atoms with Gasteiger partial charge in [-0.3, -0.25) is 0 Å². The van der Waals surface area contributed by atoms with Gasteiger partial charge in [0.05, 0.1) is 6.54 Å². The quantitative estimate of drug-likeness (QED) is 0.215. The number of hydrogen-bond donors (Lipinski definition) is 2. The van der Waals surface area contributed by atoms with Crippen molar-refractivity contribution in [2.75, 3.05) is 33.1 Å². The van der Waals surface area contributed by atoms with E-state index in [1.807, 2.05) is 19.2 Å². The fourth-order valence-corrected chi connectivity index (χ4v) is 2.88. The zero-order valence-electron chi connectivity index (χ0n) is 15.4. The van der Waals surface area contributed by atoms with Gasteiger partial charge in [-0.2, -0.15) is 11.8 Å². The van der Waals surface area contributed by atoms with Crippen molar-refractivity contribution >= 4 is 41.7 Å². The number of methoxy groups -OCH3 is 1. The van der Waals surface area contributed by atoms with Gasteiger partial charge in [-0.25, -0.2) is 9.38 Å². The number of hydrogen-bond acceptors (Lipinski definition) is 3. The first-order valence-electron chi connectivity index (χ1n) is 8.48. The smallest absolute Gasteiger partial charge is 0.191 e. The molecule has 0 aliphatic carbocycles. The van der Waals surface area contributed by atoms with Crippen LogP contribution in [-0.4, -0.2) is 39.0 Å². The lowest BCUT2D eigenvalue weighted by molar-refractivity contribution is 0.192. The molecule has 25 heavy (non-hydrogen) atoms. The molecule has 0 fully saturated rings. The molecule has 7 heteroatoms. The number of nitrogens with zero attached hydrogens (tertiary/aromatic N) is 1. The van der Waals surface area contributed by atoms with Crippen molar-refractivity contribution in [1.82, 2.24) is 10.6 Å². The summed E-state index contributed by atoms with van der Waals surface area (Å²) < 4.78 is 18.5. The van der Waals surface area contributed by atoms with Crippen molar-refractivity contribution < 1.29 is 9.13 Å². The molecule has 0 aliphatic heterocycles. The lowest BCUT2D eigenvalue weighted by Gasteiger charge is -2.12. The minimum absolute atomic E-state index is 0. The van der Waals surface area contributed by atoms with Crippen molar-refractivity contribution in [2.24, 2.45) is 4.99 Å². The van der Waals surface area contributed by atoms with Gasteiger partial charge in [-0.1, -0.05) is 6.07 Å². The van der Waals surface area contributed by atoms with Crippen molar-refractivity contribution in [1.29, 1.82) is 0 Å². The number of halogens is 2. The van der Waals surface area contributed by atoms with E-state index < -0.39 is 0 Å². The lowest BCUT2D eigenvalue weighted by atomic mass is 10.1. The van der Waals surface area contributed by atoms with E-state index in [2.05, 4.69) is 15.6 Å². The molecular formula is C18H31FIN3OS. The topological polar surface area (TPSA) is 45.7 Å². The first kappa shape index (κ1) is 24.5. The Balaban J connectivity index is 0.00000576. The van der Waals surface area contributed by atoms with Crippen LogP contribution in [0.15, 0.2) is 23.2 Å². The highest BCUT2D eigenvalue weighted by atomic mass is 127. The Kier molecular flexibility index (Phi) is 15.4. The lowest BCUT2D eigenvalue weighted by Crippen LogP contribution is -2.37. The Morgan fingerprint density at radius 1 is 1.20 bits per heavy atom. The van der Waals surface area contributed by atoms with Crippen LogP contribution >= 0.6 is 35.7 Å². The molecule has 0 unspecified atom stereocenters. The Labute approximate surface area is 172 Å². The fraction of sp³-hybridized carbons (Fsp3) is 0.611. The summed E-state index contributed by atoms with van der Waals surface area (Å²) in [6.07, 6.45) is 5.32. The third kappa shape index (κ3) is 10.9. The second-order valence-corrected chi connectivity index (χ2v) is 6.39. The Bertz CT molecular complexity index is 503. The zero-order valence-corrected chi connectivity index (χ0v) is 18.6. The minimum Gasteiger partial charge on any atom is -0.385 e.